The molecule has 0 amide bonds. The zero-order valence-electron chi connectivity index (χ0n) is 11.9. The van der Waals surface area contributed by atoms with E-state index in [0.717, 1.165) is 26.2 Å². The van der Waals surface area contributed by atoms with Crippen LogP contribution >= 0.6 is 0 Å². The van der Waals surface area contributed by atoms with Crippen LogP contribution in [0.1, 0.15) is 0 Å². The number of para-hydroxylation sites is 1. The van der Waals surface area contributed by atoms with Crippen LogP contribution in [0, 0.1) is 0 Å². The van der Waals surface area contributed by atoms with Crippen molar-refractivity contribution in [3.63, 3.8) is 0 Å². The minimum atomic E-state index is -0.418. The standard InChI is InChI=1S/C16H24N2O2/c1-2-12-20-14-16(19)13-17-8-10-18(11-9-17)15-6-4-3-5-7-15/h2-7,16,19H,1,8-14H2/t16-/m0/s1. The van der Waals surface area contributed by atoms with Gasteiger partial charge in [-0.1, -0.05) is 24.3 Å². The Kier molecular flexibility index (Phi) is 6.05. The van der Waals surface area contributed by atoms with Gasteiger partial charge in [0.05, 0.1) is 19.3 Å². The van der Waals surface area contributed by atoms with Gasteiger partial charge in [0.15, 0.2) is 0 Å². The molecule has 1 saturated heterocycles. The lowest BCUT2D eigenvalue weighted by atomic mass is 10.2. The highest BCUT2D eigenvalue weighted by molar-refractivity contribution is 5.46. The van der Waals surface area contributed by atoms with Gasteiger partial charge in [-0.25, -0.2) is 0 Å². The number of β-amino-alcohol motifs (C(OH)–C–C–N with tert-alkyl or cyclic N) is 1. The molecule has 4 nitrogen and oxygen atoms in total. The summed E-state index contributed by atoms with van der Waals surface area (Å²) < 4.78 is 5.27. The van der Waals surface area contributed by atoms with Crippen molar-refractivity contribution in [2.75, 3.05) is 50.8 Å². The molecule has 2 rings (SSSR count). The van der Waals surface area contributed by atoms with Gasteiger partial charge in [-0.05, 0) is 12.1 Å². The van der Waals surface area contributed by atoms with Gasteiger partial charge in [-0.3, -0.25) is 4.90 Å². The number of ether oxygens (including phenoxy) is 1. The Balaban J connectivity index is 1.70. The maximum atomic E-state index is 9.90. The topological polar surface area (TPSA) is 35.9 Å². The van der Waals surface area contributed by atoms with Crippen LogP contribution in [0.25, 0.3) is 0 Å². The van der Waals surface area contributed by atoms with E-state index in [1.165, 1.54) is 5.69 Å². The Bertz CT molecular complexity index is 389. The molecule has 1 N–H and O–H groups in total. The van der Waals surface area contributed by atoms with E-state index < -0.39 is 6.10 Å². The van der Waals surface area contributed by atoms with E-state index in [-0.39, 0.29) is 0 Å². The Morgan fingerprint density at radius 2 is 1.90 bits per heavy atom. The predicted octanol–water partition coefficient (Wildman–Crippen LogP) is 1.37. The minimum absolute atomic E-state index is 0.380. The first-order valence-electron chi connectivity index (χ1n) is 7.18. The molecule has 4 heteroatoms. The Morgan fingerprint density at radius 3 is 2.55 bits per heavy atom. The normalized spacial score (nSPS) is 17.9. The number of piperazine rings is 1. The highest BCUT2D eigenvalue weighted by atomic mass is 16.5. The molecule has 1 fully saturated rings. The molecule has 0 bridgehead atoms. The molecule has 0 saturated carbocycles. The number of aliphatic hydroxyl groups excluding tert-OH is 1. The van der Waals surface area contributed by atoms with Crippen molar-refractivity contribution in [2.24, 2.45) is 0 Å². The second-order valence-electron chi connectivity index (χ2n) is 5.10. The average molecular weight is 276 g/mol. The van der Waals surface area contributed by atoms with E-state index in [9.17, 15) is 5.11 Å². The first-order chi connectivity index (χ1) is 9.79. The van der Waals surface area contributed by atoms with Gasteiger partial charge in [0.25, 0.3) is 0 Å². The Hall–Kier alpha value is -1.36. The predicted molar refractivity (Wildman–Crippen MR) is 82.1 cm³/mol. The van der Waals surface area contributed by atoms with Crippen LogP contribution in [0.4, 0.5) is 5.69 Å². The van der Waals surface area contributed by atoms with Crippen molar-refractivity contribution < 1.29 is 9.84 Å². The first-order valence-corrected chi connectivity index (χ1v) is 7.18. The number of rotatable bonds is 7. The van der Waals surface area contributed by atoms with Crippen LogP contribution in [0.3, 0.4) is 0 Å². The van der Waals surface area contributed by atoms with E-state index in [1.54, 1.807) is 6.08 Å². The Labute approximate surface area is 121 Å². The first kappa shape index (κ1) is 15.0. The molecule has 110 valence electrons. The largest absolute Gasteiger partial charge is 0.389 e. The van der Waals surface area contributed by atoms with Crippen LogP contribution in [-0.4, -0.2) is 62.0 Å². The molecule has 1 aromatic rings. The molecule has 0 radical (unpaired) electrons. The number of nitrogens with zero attached hydrogens (tertiary/aromatic N) is 2. The lowest BCUT2D eigenvalue weighted by molar-refractivity contribution is 0.0252. The van der Waals surface area contributed by atoms with Gasteiger partial charge in [-0.2, -0.15) is 0 Å². The molecule has 0 unspecified atom stereocenters. The maximum absolute atomic E-state index is 9.90. The van der Waals surface area contributed by atoms with Gasteiger partial charge in [0, 0.05) is 38.4 Å². The molecule has 0 aromatic heterocycles. The van der Waals surface area contributed by atoms with Crippen LogP contribution in [0.15, 0.2) is 43.0 Å². The smallest absolute Gasteiger partial charge is 0.0900 e. The van der Waals surface area contributed by atoms with E-state index in [2.05, 4.69) is 40.6 Å². The molecule has 1 aliphatic rings. The van der Waals surface area contributed by atoms with Crippen molar-refractivity contribution in [1.82, 2.24) is 4.90 Å². The van der Waals surface area contributed by atoms with Crippen molar-refractivity contribution in [3.05, 3.63) is 43.0 Å². The summed E-state index contributed by atoms with van der Waals surface area (Å²) in [6.45, 7) is 9.11. The van der Waals surface area contributed by atoms with Crippen LogP contribution in [-0.2, 0) is 4.74 Å². The minimum Gasteiger partial charge on any atom is -0.389 e. The number of hydrogen-bond donors (Lipinski definition) is 1. The zero-order chi connectivity index (χ0) is 14.2. The molecule has 1 aromatic carbocycles. The summed E-state index contributed by atoms with van der Waals surface area (Å²) in [5, 5.41) is 9.90. The van der Waals surface area contributed by atoms with E-state index in [4.69, 9.17) is 4.74 Å². The third-order valence-electron chi connectivity index (χ3n) is 3.51. The summed E-state index contributed by atoms with van der Waals surface area (Å²) in [7, 11) is 0. The van der Waals surface area contributed by atoms with Crippen molar-refractivity contribution in [2.45, 2.75) is 6.10 Å². The molecule has 20 heavy (non-hydrogen) atoms. The molecular formula is C16H24N2O2. The lowest BCUT2D eigenvalue weighted by Crippen LogP contribution is -2.49. The summed E-state index contributed by atoms with van der Waals surface area (Å²) in [5.74, 6) is 0. The van der Waals surface area contributed by atoms with Gasteiger partial charge in [0.2, 0.25) is 0 Å². The second kappa shape index (κ2) is 8.04. The molecule has 1 aliphatic heterocycles. The monoisotopic (exact) mass is 276 g/mol. The van der Waals surface area contributed by atoms with Gasteiger partial charge >= 0.3 is 0 Å². The third-order valence-corrected chi connectivity index (χ3v) is 3.51. The van der Waals surface area contributed by atoms with E-state index in [0.29, 0.717) is 19.8 Å². The molecule has 0 aliphatic carbocycles. The fraction of sp³-hybridized carbons (Fsp3) is 0.500. The lowest BCUT2D eigenvalue weighted by Gasteiger charge is -2.36. The summed E-state index contributed by atoms with van der Waals surface area (Å²) in [4.78, 5) is 4.68. The van der Waals surface area contributed by atoms with Crippen LogP contribution < -0.4 is 4.90 Å². The fourth-order valence-electron chi connectivity index (χ4n) is 2.47. The summed E-state index contributed by atoms with van der Waals surface area (Å²) in [6.07, 6.45) is 1.28. The summed E-state index contributed by atoms with van der Waals surface area (Å²) in [5.41, 5.74) is 1.28. The summed E-state index contributed by atoms with van der Waals surface area (Å²) >= 11 is 0. The van der Waals surface area contributed by atoms with Crippen molar-refractivity contribution >= 4 is 5.69 Å². The SMILES string of the molecule is C=CCOC[C@@H](O)CN1CCN(c2ccccc2)CC1. The van der Waals surface area contributed by atoms with E-state index in [1.807, 2.05) is 6.07 Å². The average Bonchev–Trinajstić information content (AvgIpc) is 2.49. The van der Waals surface area contributed by atoms with Crippen LogP contribution in [0.5, 0.6) is 0 Å². The molecule has 1 heterocycles. The number of anilines is 1. The number of hydrogen-bond acceptors (Lipinski definition) is 4. The molecule has 1 atom stereocenters. The third kappa shape index (κ3) is 4.63. The van der Waals surface area contributed by atoms with Crippen LogP contribution in [0.2, 0.25) is 0 Å². The van der Waals surface area contributed by atoms with Gasteiger partial charge in [-0.15, -0.1) is 6.58 Å². The quantitative estimate of drug-likeness (QED) is 0.603. The zero-order valence-corrected chi connectivity index (χ0v) is 11.9. The fourth-order valence-corrected chi connectivity index (χ4v) is 2.47. The summed E-state index contributed by atoms with van der Waals surface area (Å²) in [6, 6.07) is 10.5. The highest BCUT2D eigenvalue weighted by Crippen LogP contribution is 2.15. The molecule has 0 spiro atoms. The van der Waals surface area contributed by atoms with Gasteiger partial charge in [0.1, 0.15) is 0 Å². The molecular weight excluding hydrogens is 252 g/mol. The maximum Gasteiger partial charge on any atom is 0.0900 e. The highest BCUT2D eigenvalue weighted by Gasteiger charge is 2.19. The van der Waals surface area contributed by atoms with Gasteiger partial charge < -0.3 is 14.7 Å². The second-order valence-corrected chi connectivity index (χ2v) is 5.10. The van der Waals surface area contributed by atoms with Crippen molar-refractivity contribution in [1.29, 1.82) is 0 Å². The Morgan fingerprint density at radius 1 is 1.20 bits per heavy atom. The number of benzene rings is 1. The van der Waals surface area contributed by atoms with Crippen molar-refractivity contribution in [3.8, 4) is 0 Å². The van der Waals surface area contributed by atoms with E-state index >= 15 is 0 Å². The number of aliphatic hydroxyl groups is 1.